The largest absolute Gasteiger partial charge is 0.307 e. The molecule has 0 fully saturated rings. The van der Waals surface area contributed by atoms with Crippen molar-refractivity contribution in [3.05, 3.63) is 120 Å². The van der Waals surface area contributed by atoms with Gasteiger partial charge in [0.2, 0.25) is 0 Å². The standard InChI is InChI=1S/C32H24N2/c1-32(2)27-12-7-6-11-24(27)25-18-19-26-30-28(13-8-20-33-30)34(31(26)29(25)32)23-16-14-22(15-17-23)21-9-4-3-5-10-21/h3-20H,1-2H3. The maximum absolute atomic E-state index is 4.82. The Morgan fingerprint density at radius 2 is 1.38 bits per heavy atom. The Morgan fingerprint density at radius 1 is 0.647 bits per heavy atom. The molecule has 0 radical (unpaired) electrons. The van der Waals surface area contributed by atoms with Gasteiger partial charge >= 0.3 is 0 Å². The zero-order chi connectivity index (χ0) is 22.9. The van der Waals surface area contributed by atoms with Crippen LogP contribution in [0.2, 0.25) is 0 Å². The van der Waals surface area contributed by atoms with E-state index < -0.39 is 0 Å². The minimum Gasteiger partial charge on any atom is -0.307 e. The SMILES string of the molecule is CC1(C)c2ccccc2-c2ccc3c4ncccc4n(-c4ccc(-c5ccccc5)cc4)c3c21. The average Bonchev–Trinajstić information content (AvgIpc) is 3.34. The summed E-state index contributed by atoms with van der Waals surface area (Å²) < 4.78 is 2.42. The van der Waals surface area contributed by atoms with Crippen molar-refractivity contribution in [3.63, 3.8) is 0 Å². The summed E-state index contributed by atoms with van der Waals surface area (Å²) in [7, 11) is 0. The van der Waals surface area contributed by atoms with Crippen LogP contribution in [0.3, 0.4) is 0 Å². The van der Waals surface area contributed by atoms with Gasteiger partial charge in [-0.15, -0.1) is 0 Å². The van der Waals surface area contributed by atoms with Crippen molar-refractivity contribution in [3.8, 4) is 27.9 Å². The quantitative estimate of drug-likeness (QED) is 0.268. The van der Waals surface area contributed by atoms with Crippen molar-refractivity contribution in [2.45, 2.75) is 19.3 Å². The van der Waals surface area contributed by atoms with Gasteiger partial charge in [0.15, 0.2) is 0 Å². The summed E-state index contributed by atoms with van der Waals surface area (Å²) in [5, 5.41) is 1.21. The first-order valence-corrected chi connectivity index (χ1v) is 11.8. The molecular formula is C32H24N2. The first-order chi connectivity index (χ1) is 16.6. The van der Waals surface area contributed by atoms with Crippen LogP contribution in [0.1, 0.15) is 25.0 Å². The van der Waals surface area contributed by atoms with E-state index in [-0.39, 0.29) is 5.41 Å². The van der Waals surface area contributed by atoms with Gasteiger partial charge < -0.3 is 4.57 Å². The van der Waals surface area contributed by atoms with E-state index in [0.717, 1.165) is 16.7 Å². The molecule has 7 rings (SSSR count). The maximum Gasteiger partial charge on any atom is 0.0963 e. The monoisotopic (exact) mass is 436 g/mol. The molecule has 1 aliphatic carbocycles. The van der Waals surface area contributed by atoms with Gasteiger partial charge in [0.25, 0.3) is 0 Å². The van der Waals surface area contributed by atoms with E-state index >= 15 is 0 Å². The van der Waals surface area contributed by atoms with Crippen LogP contribution in [0.4, 0.5) is 0 Å². The molecule has 0 bridgehead atoms. The van der Waals surface area contributed by atoms with Crippen LogP contribution in [-0.4, -0.2) is 9.55 Å². The number of hydrogen-bond acceptors (Lipinski definition) is 1. The number of fused-ring (bicyclic) bond motifs is 7. The van der Waals surface area contributed by atoms with Gasteiger partial charge in [0, 0.05) is 22.7 Å². The van der Waals surface area contributed by atoms with Crippen LogP contribution in [0.25, 0.3) is 49.9 Å². The molecule has 6 aromatic rings. The molecule has 0 aliphatic heterocycles. The molecule has 0 amide bonds. The second-order valence-corrected chi connectivity index (χ2v) is 9.67. The molecule has 34 heavy (non-hydrogen) atoms. The first kappa shape index (κ1) is 19.3. The van der Waals surface area contributed by atoms with Crippen LogP contribution < -0.4 is 0 Å². The summed E-state index contributed by atoms with van der Waals surface area (Å²) in [6.45, 7) is 4.70. The molecule has 2 heterocycles. The number of pyridine rings is 1. The average molecular weight is 437 g/mol. The molecule has 2 aromatic heterocycles. The molecule has 2 heteroatoms. The van der Waals surface area contributed by atoms with Gasteiger partial charge in [-0.05, 0) is 63.7 Å². The molecule has 0 spiro atoms. The molecular weight excluding hydrogens is 412 g/mol. The van der Waals surface area contributed by atoms with Gasteiger partial charge in [0.05, 0.1) is 16.6 Å². The van der Waals surface area contributed by atoms with Gasteiger partial charge in [-0.1, -0.05) is 86.6 Å². The van der Waals surface area contributed by atoms with E-state index in [1.165, 1.54) is 44.3 Å². The van der Waals surface area contributed by atoms with Gasteiger partial charge in [-0.25, -0.2) is 0 Å². The van der Waals surface area contributed by atoms with Gasteiger partial charge in [0.1, 0.15) is 0 Å². The van der Waals surface area contributed by atoms with Crippen LogP contribution >= 0.6 is 0 Å². The van der Waals surface area contributed by atoms with E-state index in [2.05, 4.69) is 115 Å². The second kappa shape index (κ2) is 6.91. The van der Waals surface area contributed by atoms with Crippen molar-refractivity contribution in [2.75, 3.05) is 0 Å². The highest BCUT2D eigenvalue weighted by Gasteiger charge is 2.38. The van der Waals surface area contributed by atoms with Crippen LogP contribution in [0.15, 0.2) is 109 Å². The van der Waals surface area contributed by atoms with Crippen LogP contribution in [0.5, 0.6) is 0 Å². The normalized spacial score (nSPS) is 13.8. The zero-order valence-electron chi connectivity index (χ0n) is 19.3. The van der Waals surface area contributed by atoms with Gasteiger partial charge in [-0.2, -0.15) is 0 Å². The molecule has 0 N–H and O–H groups in total. The Balaban J connectivity index is 1.55. The van der Waals surface area contributed by atoms with Crippen LogP contribution in [-0.2, 0) is 5.41 Å². The molecule has 0 saturated carbocycles. The summed E-state index contributed by atoms with van der Waals surface area (Å²) in [5.41, 5.74) is 12.4. The number of hydrogen-bond donors (Lipinski definition) is 0. The fourth-order valence-corrected chi connectivity index (χ4v) is 5.88. The van der Waals surface area contributed by atoms with E-state index in [9.17, 15) is 0 Å². The lowest BCUT2D eigenvalue weighted by atomic mass is 9.81. The molecule has 0 atom stereocenters. The predicted molar refractivity (Wildman–Crippen MR) is 142 cm³/mol. The third-order valence-electron chi connectivity index (χ3n) is 7.43. The Morgan fingerprint density at radius 3 is 2.21 bits per heavy atom. The lowest BCUT2D eigenvalue weighted by Gasteiger charge is -2.23. The second-order valence-electron chi connectivity index (χ2n) is 9.67. The summed E-state index contributed by atoms with van der Waals surface area (Å²) in [6, 6.07) is 37.1. The lowest BCUT2D eigenvalue weighted by molar-refractivity contribution is 0.664. The number of rotatable bonds is 2. The Bertz CT molecular complexity index is 1700. The minimum absolute atomic E-state index is 0.0957. The highest BCUT2D eigenvalue weighted by molar-refractivity contribution is 6.11. The van der Waals surface area contributed by atoms with Crippen molar-refractivity contribution < 1.29 is 0 Å². The molecule has 2 nitrogen and oxygen atoms in total. The minimum atomic E-state index is -0.0957. The van der Waals surface area contributed by atoms with E-state index in [1.54, 1.807) is 0 Å². The smallest absolute Gasteiger partial charge is 0.0963 e. The highest BCUT2D eigenvalue weighted by Crippen LogP contribution is 2.52. The third-order valence-corrected chi connectivity index (χ3v) is 7.43. The number of benzene rings is 4. The van der Waals surface area contributed by atoms with E-state index in [1.807, 2.05) is 12.3 Å². The number of aromatic nitrogens is 2. The molecule has 4 aromatic carbocycles. The molecule has 0 unspecified atom stereocenters. The summed E-state index contributed by atoms with van der Waals surface area (Å²) in [6.07, 6.45) is 1.90. The van der Waals surface area contributed by atoms with Crippen molar-refractivity contribution >= 4 is 21.9 Å². The maximum atomic E-state index is 4.82. The van der Waals surface area contributed by atoms with Gasteiger partial charge in [-0.3, -0.25) is 4.98 Å². The van der Waals surface area contributed by atoms with E-state index in [0.29, 0.717) is 0 Å². The number of nitrogens with zero attached hydrogens (tertiary/aromatic N) is 2. The van der Waals surface area contributed by atoms with Crippen molar-refractivity contribution in [1.82, 2.24) is 9.55 Å². The Kier molecular flexibility index (Phi) is 3.93. The van der Waals surface area contributed by atoms with Crippen molar-refractivity contribution in [2.24, 2.45) is 0 Å². The molecule has 1 aliphatic rings. The fraction of sp³-hybridized carbons (Fsp3) is 0.0938. The predicted octanol–water partition coefficient (Wildman–Crippen LogP) is 8.15. The zero-order valence-corrected chi connectivity index (χ0v) is 19.3. The fourth-order valence-electron chi connectivity index (χ4n) is 5.88. The van der Waals surface area contributed by atoms with Crippen LogP contribution in [0, 0.1) is 0 Å². The first-order valence-electron chi connectivity index (χ1n) is 11.8. The van der Waals surface area contributed by atoms with Crippen molar-refractivity contribution in [1.29, 1.82) is 0 Å². The van der Waals surface area contributed by atoms with E-state index in [4.69, 9.17) is 4.98 Å². The Labute approximate surface area is 199 Å². The topological polar surface area (TPSA) is 17.8 Å². The Hall–Kier alpha value is -4.17. The lowest BCUT2D eigenvalue weighted by Crippen LogP contribution is -2.16. The summed E-state index contributed by atoms with van der Waals surface area (Å²) in [4.78, 5) is 4.82. The summed E-state index contributed by atoms with van der Waals surface area (Å²) in [5.74, 6) is 0. The third kappa shape index (κ3) is 2.54. The summed E-state index contributed by atoms with van der Waals surface area (Å²) >= 11 is 0. The molecule has 0 saturated heterocycles. The molecule has 162 valence electrons. The highest BCUT2D eigenvalue weighted by atomic mass is 15.0.